The van der Waals surface area contributed by atoms with Gasteiger partial charge in [0.2, 0.25) is 5.95 Å². The summed E-state index contributed by atoms with van der Waals surface area (Å²) in [6.07, 6.45) is 8.32. The van der Waals surface area contributed by atoms with E-state index >= 15 is 0 Å². The van der Waals surface area contributed by atoms with Crippen molar-refractivity contribution in [1.82, 2.24) is 25.1 Å². The fraction of sp³-hybridized carbons (Fsp3) is 0.364. The lowest BCUT2D eigenvalue weighted by molar-refractivity contribution is 0.675. The minimum Gasteiger partial charge on any atom is -0.313 e. The highest BCUT2D eigenvalue weighted by atomic mass is 15.3. The molecule has 0 atom stereocenters. The maximum atomic E-state index is 4.22. The van der Waals surface area contributed by atoms with Gasteiger partial charge in [0.25, 0.3) is 0 Å². The fourth-order valence-electron chi connectivity index (χ4n) is 1.38. The lowest BCUT2D eigenvalue weighted by atomic mass is 10.3. The van der Waals surface area contributed by atoms with Crippen LogP contribution in [0, 0.1) is 0 Å². The molecular formula is C11H15N5. The van der Waals surface area contributed by atoms with Crippen LogP contribution < -0.4 is 5.32 Å². The van der Waals surface area contributed by atoms with Gasteiger partial charge in [0.1, 0.15) is 0 Å². The number of hydrogen-bond donors (Lipinski definition) is 1. The molecule has 0 aliphatic carbocycles. The Morgan fingerprint density at radius 1 is 1.31 bits per heavy atom. The maximum absolute atomic E-state index is 4.22. The Kier molecular flexibility index (Phi) is 3.61. The van der Waals surface area contributed by atoms with E-state index in [9.17, 15) is 0 Å². The van der Waals surface area contributed by atoms with Crippen LogP contribution in [0.3, 0.4) is 0 Å². The van der Waals surface area contributed by atoms with Gasteiger partial charge in [-0.3, -0.25) is 0 Å². The van der Waals surface area contributed by atoms with Gasteiger partial charge in [-0.15, -0.1) is 0 Å². The van der Waals surface area contributed by atoms with Crippen molar-refractivity contribution in [1.29, 1.82) is 0 Å². The van der Waals surface area contributed by atoms with E-state index in [0.29, 0.717) is 5.95 Å². The quantitative estimate of drug-likeness (QED) is 0.764. The van der Waals surface area contributed by atoms with Crippen molar-refractivity contribution >= 4 is 0 Å². The molecule has 0 amide bonds. The van der Waals surface area contributed by atoms with E-state index < -0.39 is 0 Å². The lowest BCUT2D eigenvalue weighted by Gasteiger charge is -1.99. The third-order valence-corrected chi connectivity index (χ3v) is 2.15. The molecule has 2 aromatic heterocycles. The smallest absolute Gasteiger partial charge is 0.250 e. The molecule has 0 radical (unpaired) electrons. The number of hydrogen-bond acceptors (Lipinski definition) is 4. The highest BCUT2D eigenvalue weighted by molar-refractivity contribution is 5.13. The fourth-order valence-corrected chi connectivity index (χ4v) is 1.38. The Balaban J connectivity index is 2.02. The zero-order chi connectivity index (χ0) is 11.2. The highest BCUT2D eigenvalue weighted by Gasteiger charge is 2.01. The van der Waals surface area contributed by atoms with Crippen molar-refractivity contribution in [3.63, 3.8) is 0 Å². The molecule has 0 aliphatic rings. The summed E-state index contributed by atoms with van der Waals surface area (Å²) in [7, 11) is 0. The highest BCUT2D eigenvalue weighted by Crippen LogP contribution is 2.01. The summed E-state index contributed by atoms with van der Waals surface area (Å²) in [5.74, 6) is 0.601. The minimum absolute atomic E-state index is 0.601. The summed E-state index contributed by atoms with van der Waals surface area (Å²) in [6.45, 7) is 4.00. The van der Waals surface area contributed by atoms with Crippen molar-refractivity contribution in [2.45, 2.75) is 19.9 Å². The van der Waals surface area contributed by atoms with Gasteiger partial charge in [-0.2, -0.15) is 5.10 Å². The predicted molar refractivity (Wildman–Crippen MR) is 61.2 cm³/mol. The average molecular weight is 217 g/mol. The standard InChI is InChI=1S/C11H15N5/c1-2-4-12-7-10-8-15-16(9-10)11-13-5-3-6-14-11/h3,5-6,8-9,12H,2,4,7H2,1H3. The normalized spacial score (nSPS) is 10.6. The van der Waals surface area contributed by atoms with E-state index in [1.165, 1.54) is 0 Å². The molecule has 0 aromatic carbocycles. The van der Waals surface area contributed by atoms with Crippen LogP contribution in [-0.4, -0.2) is 26.3 Å². The number of aromatic nitrogens is 4. The summed E-state index contributed by atoms with van der Waals surface area (Å²) in [4.78, 5) is 8.26. The Labute approximate surface area is 94.5 Å². The van der Waals surface area contributed by atoms with Crippen LogP contribution in [0.2, 0.25) is 0 Å². The summed E-state index contributed by atoms with van der Waals surface area (Å²) in [5, 5.41) is 7.54. The summed E-state index contributed by atoms with van der Waals surface area (Å²) in [5.41, 5.74) is 1.14. The molecule has 5 nitrogen and oxygen atoms in total. The van der Waals surface area contributed by atoms with Crippen LogP contribution in [0.4, 0.5) is 0 Å². The molecule has 16 heavy (non-hydrogen) atoms. The average Bonchev–Trinajstić information content (AvgIpc) is 2.79. The first-order valence-corrected chi connectivity index (χ1v) is 5.42. The van der Waals surface area contributed by atoms with Crippen molar-refractivity contribution in [3.05, 3.63) is 36.4 Å². The minimum atomic E-state index is 0.601. The monoisotopic (exact) mass is 217 g/mol. The van der Waals surface area contributed by atoms with E-state index in [2.05, 4.69) is 27.3 Å². The largest absolute Gasteiger partial charge is 0.313 e. The SMILES string of the molecule is CCCNCc1cnn(-c2ncccn2)c1. The molecule has 0 spiro atoms. The summed E-state index contributed by atoms with van der Waals surface area (Å²) in [6, 6.07) is 1.79. The number of nitrogens with one attached hydrogen (secondary N) is 1. The molecular weight excluding hydrogens is 202 g/mol. The van der Waals surface area contributed by atoms with E-state index in [-0.39, 0.29) is 0 Å². The van der Waals surface area contributed by atoms with Gasteiger partial charge in [0.05, 0.1) is 6.20 Å². The van der Waals surface area contributed by atoms with Crippen LogP contribution in [0.15, 0.2) is 30.9 Å². The zero-order valence-electron chi connectivity index (χ0n) is 9.30. The molecule has 0 fully saturated rings. The van der Waals surface area contributed by atoms with Crippen molar-refractivity contribution in [3.8, 4) is 5.95 Å². The molecule has 2 rings (SSSR count). The molecule has 0 saturated heterocycles. The Hall–Kier alpha value is -1.75. The van der Waals surface area contributed by atoms with Gasteiger partial charge < -0.3 is 5.32 Å². The first kappa shape index (κ1) is 10.8. The number of nitrogens with zero attached hydrogens (tertiary/aromatic N) is 4. The van der Waals surface area contributed by atoms with Crippen molar-refractivity contribution in [2.75, 3.05) is 6.54 Å². The second-order valence-corrected chi connectivity index (χ2v) is 3.52. The van der Waals surface area contributed by atoms with Gasteiger partial charge >= 0.3 is 0 Å². The van der Waals surface area contributed by atoms with Crippen LogP contribution in [-0.2, 0) is 6.54 Å². The topological polar surface area (TPSA) is 55.6 Å². The van der Waals surface area contributed by atoms with Crippen LogP contribution in [0.25, 0.3) is 5.95 Å². The maximum Gasteiger partial charge on any atom is 0.250 e. The van der Waals surface area contributed by atoms with E-state index in [1.54, 1.807) is 23.1 Å². The molecule has 0 unspecified atom stereocenters. The molecule has 0 bridgehead atoms. The molecule has 1 N–H and O–H groups in total. The van der Waals surface area contributed by atoms with Crippen LogP contribution in [0.1, 0.15) is 18.9 Å². The van der Waals surface area contributed by atoms with Gasteiger partial charge in [-0.1, -0.05) is 6.92 Å². The first-order valence-electron chi connectivity index (χ1n) is 5.42. The van der Waals surface area contributed by atoms with Crippen LogP contribution >= 0.6 is 0 Å². The second kappa shape index (κ2) is 5.37. The van der Waals surface area contributed by atoms with E-state index in [1.807, 2.05) is 12.4 Å². The third-order valence-electron chi connectivity index (χ3n) is 2.15. The zero-order valence-corrected chi connectivity index (χ0v) is 9.30. The van der Waals surface area contributed by atoms with Crippen molar-refractivity contribution < 1.29 is 0 Å². The van der Waals surface area contributed by atoms with E-state index in [4.69, 9.17) is 0 Å². The summed E-state index contributed by atoms with van der Waals surface area (Å²) < 4.78 is 1.68. The Bertz CT molecular complexity index is 423. The predicted octanol–water partition coefficient (Wildman–Crippen LogP) is 1.16. The van der Waals surface area contributed by atoms with Crippen LogP contribution in [0.5, 0.6) is 0 Å². The van der Waals surface area contributed by atoms with Gasteiger partial charge in [-0.05, 0) is 19.0 Å². The van der Waals surface area contributed by atoms with Gasteiger partial charge in [0.15, 0.2) is 0 Å². The molecule has 5 heteroatoms. The molecule has 2 heterocycles. The second-order valence-electron chi connectivity index (χ2n) is 3.52. The number of rotatable bonds is 5. The molecule has 84 valence electrons. The first-order chi connectivity index (χ1) is 7.90. The lowest BCUT2D eigenvalue weighted by Crippen LogP contribution is -2.13. The Morgan fingerprint density at radius 2 is 2.12 bits per heavy atom. The third kappa shape index (κ3) is 2.64. The van der Waals surface area contributed by atoms with Crippen molar-refractivity contribution in [2.24, 2.45) is 0 Å². The van der Waals surface area contributed by atoms with Gasteiger partial charge in [-0.25, -0.2) is 14.6 Å². The van der Waals surface area contributed by atoms with E-state index in [0.717, 1.165) is 25.1 Å². The molecule has 0 saturated carbocycles. The molecule has 2 aromatic rings. The summed E-state index contributed by atoms with van der Waals surface area (Å²) >= 11 is 0. The van der Waals surface area contributed by atoms with Gasteiger partial charge in [0, 0.05) is 30.7 Å². The molecule has 0 aliphatic heterocycles. The Morgan fingerprint density at radius 3 is 2.88 bits per heavy atom.